The highest BCUT2D eigenvalue weighted by Crippen LogP contribution is 2.26. The van der Waals surface area contributed by atoms with E-state index in [1.807, 2.05) is 0 Å². The zero-order chi connectivity index (χ0) is 11.6. The predicted octanol–water partition coefficient (Wildman–Crippen LogP) is 1.68. The molecule has 0 aliphatic carbocycles. The second kappa shape index (κ2) is 4.67. The Labute approximate surface area is 101 Å². The molecule has 0 unspecified atom stereocenters. The zero-order valence-corrected chi connectivity index (χ0v) is 11.1. The summed E-state index contributed by atoms with van der Waals surface area (Å²) in [5, 5.41) is 4.50. The molecular formula is C11H20N4S. The van der Waals surface area contributed by atoms with Crippen LogP contribution >= 0.6 is 11.5 Å². The average Bonchev–Trinajstić information content (AvgIpc) is 2.66. The van der Waals surface area contributed by atoms with Gasteiger partial charge in [-0.05, 0) is 20.3 Å². The van der Waals surface area contributed by atoms with Gasteiger partial charge in [0.1, 0.15) is 5.82 Å². The Morgan fingerprint density at radius 1 is 1.50 bits per heavy atom. The summed E-state index contributed by atoms with van der Waals surface area (Å²) in [6.07, 6.45) is 2.10. The van der Waals surface area contributed by atoms with E-state index in [4.69, 9.17) is 0 Å². The van der Waals surface area contributed by atoms with Gasteiger partial charge in [0, 0.05) is 43.1 Å². The van der Waals surface area contributed by atoms with Gasteiger partial charge in [-0.2, -0.15) is 4.37 Å². The topological polar surface area (TPSA) is 41.1 Å². The molecule has 0 bridgehead atoms. The molecule has 1 fully saturated rings. The van der Waals surface area contributed by atoms with Crippen molar-refractivity contribution in [1.82, 2.24) is 14.7 Å². The SMILES string of the molecule is CCCc1nsc(N2CCNCC2(C)C)n1. The molecule has 1 saturated heterocycles. The van der Waals surface area contributed by atoms with Gasteiger partial charge in [0.15, 0.2) is 0 Å². The van der Waals surface area contributed by atoms with Crippen LogP contribution in [-0.4, -0.2) is 34.5 Å². The lowest BCUT2D eigenvalue weighted by atomic mass is 10.0. The van der Waals surface area contributed by atoms with Crippen LogP contribution < -0.4 is 10.2 Å². The molecule has 4 nitrogen and oxygen atoms in total. The summed E-state index contributed by atoms with van der Waals surface area (Å²) in [5.74, 6) is 0.997. The molecule has 2 heterocycles. The van der Waals surface area contributed by atoms with E-state index < -0.39 is 0 Å². The molecule has 1 aromatic heterocycles. The maximum absolute atomic E-state index is 4.62. The zero-order valence-electron chi connectivity index (χ0n) is 10.3. The van der Waals surface area contributed by atoms with Crippen LogP contribution in [0.15, 0.2) is 0 Å². The lowest BCUT2D eigenvalue weighted by Gasteiger charge is -2.42. The van der Waals surface area contributed by atoms with Crippen molar-refractivity contribution in [3.63, 3.8) is 0 Å². The van der Waals surface area contributed by atoms with Gasteiger partial charge in [-0.25, -0.2) is 4.98 Å². The molecule has 0 spiro atoms. The Bertz CT molecular complexity index is 348. The van der Waals surface area contributed by atoms with Crippen molar-refractivity contribution in [3.8, 4) is 0 Å². The summed E-state index contributed by atoms with van der Waals surface area (Å²) in [7, 11) is 0. The minimum Gasteiger partial charge on any atom is -0.339 e. The van der Waals surface area contributed by atoms with E-state index in [-0.39, 0.29) is 5.54 Å². The molecule has 1 N–H and O–H groups in total. The number of anilines is 1. The standard InChI is InChI=1S/C11H20N4S/c1-4-5-9-13-10(16-14-9)15-7-6-12-8-11(15,2)3/h12H,4-8H2,1-3H3. The Kier molecular flexibility index (Phi) is 3.44. The van der Waals surface area contributed by atoms with Crippen molar-refractivity contribution < 1.29 is 0 Å². The molecule has 0 atom stereocenters. The average molecular weight is 240 g/mol. The van der Waals surface area contributed by atoms with Crippen LogP contribution in [-0.2, 0) is 6.42 Å². The summed E-state index contributed by atoms with van der Waals surface area (Å²) in [6.45, 7) is 9.73. The van der Waals surface area contributed by atoms with Crippen LogP contribution in [0.25, 0.3) is 0 Å². The van der Waals surface area contributed by atoms with Gasteiger partial charge in [-0.15, -0.1) is 0 Å². The van der Waals surface area contributed by atoms with Gasteiger partial charge in [0.05, 0.1) is 0 Å². The van der Waals surface area contributed by atoms with Crippen LogP contribution in [0.1, 0.15) is 33.0 Å². The molecule has 0 aromatic carbocycles. The van der Waals surface area contributed by atoms with Crippen molar-refractivity contribution in [2.75, 3.05) is 24.5 Å². The number of piperazine rings is 1. The van der Waals surface area contributed by atoms with Crippen molar-refractivity contribution >= 4 is 16.7 Å². The second-order valence-electron chi connectivity index (χ2n) is 4.88. The predicted molar refractivity (Wildman–Crippen MR) is 68.2 cm³/mol. The van der Waals surface area contributed by atoms with Crippen LogP contribution in [0.5, 0.6) is 0 Å². The molecule has 0 saturated carbocycles. The summed E-state index contributed by atoms with van der Waals surface area (Å²) < 4.78 is 4.42. The first-order chi connectivity index (χ1) is 7.63. The van der Waals surface area contributed by atoms with Crippen LogP contribution in [0, 0.1) is 0 Å². The van der Waals surface area contributed by atoms with E-state index in [1.54, 1.807) is 0 Å². The lowest BCUT2D eigenvalue weighted by molar-refractivity contribution is 0.380. The van der Waals surface area contributed by atoms with Crippen LogP contribution in [0.3, 0.4) is 0 Å². The van der Waals surface area contributed by atoms with Crippen LogP contribution in [0.4, 0.5) is 5.13 Å². The van der Waals surface area contributed by atoms with E-state index in [9.17, 15) is 0 Å². The van der Waals surface area contributed by atoms with Gasteiger partial charge < -0.3 is 10.2 Å². The minimum atomic E-state index is 0.140. The first kappa shape index (κ1) is 11.8. The number of aromatic nitrogens is 2. The third-order valence-corrected chi connectivity index (χ3v) is 3.74. The third kappa shape index (κ3) is 2.35. The maximum Gasteiger partial charge on any atom is 0.205 e. The number of aryl methyl sites for hydroxylation is 1. The summed E-state index contributed by atoms with van der Waals surface area (Å²) in [4.78, 5) is 7.00. The molecule has 1 aliphatic rings. The molecule has 2 rings (SSSR count). The Morgan fingerprint density at radius 3 is 3.00 bits per heavy atom. The highest BCUT2D eigenvalue weighted by molar-refractivity contribution is 7.09. The van der Waals surface area contributed by atoms with Crippen molar-refractivity contribution in [1.29, 1.82) is 0 Å². The minimum absolute atomic E-state index is 0.140. The molecule has 1 aliphatic heterocycles. The first-order valence-electron chi connectivity index (χ1n) is 5.94. The Balaban J connectivity index is 2.15. The number of nitrogens with zero attached hydrogens (tertiary/aromatic N) is 3. The lowest BCUT2D eigenvalue weighted by Crippen LogP contribution is -2.58. The molecule has 16 heavy (non-hydrogen) atoms. The summed E-state index contributed by atoms with van der Waals surface area (Å²) in [5.41, 5.74) is 0.140. The van der Waals surface area contributed by atoms with Gasteiger partial charge in [-0.1, -0.05) is 6.92 Å². The first-order valence-corrected chi connectivity index (χ1v) is 6.72. The fourth-order valence-corrected chi connectivity index (χ4v) is 2.92. The van der Waals surface area contributed by atoms with Crippen molar-refractivity contribution in [2.45, 2.75) is 39.2 Å². The van der Waals surface area contributed by atoms with Gasteiger partial charge >= 0.3 is 0 Å². The third-order valence-electron chi connectivity index (χ3n) is 2.96. The molecule has 1 aromatic rings. The van der Waals surface area contributed by atoms with E-state index in [0.717, 1.165) is 43.4 Å². The van der Waals surface area contributed by atoms with Gasteiger partial charge in [-0.3, -0.25) is 0 Å². The molecule has 0 radical (unpaired) electrons. The van der Waals surface area contributed by atoms with E-state index >= 15 is 0 Å². The Hall–Kier alpha value is -0.680. The van der Waals surface area contributed by atoms with Crippen molar-refractivity contribution in [2.24, 2.45) is 0 Å². The number of hydrogen-bond donors (Lipinski definition) is 1. The second-order valence-corrected chi connectivity index (χ2v) is 5.61. The van der Waals surface area contributed by atoms with Gasteiger partial charge in [0.2, 0.25) is 5.13 Å². The smallest absolute Gasteiger partial charge is 0.205 e. The summed E-state index contributed by atoms with van der Waals surface area (Å²) in [6, 6.07) is 0. The van der Waals surface area contributed by atoms with Gasteiger partial charge in [0.25, 0.3) is 0 Å². The summed E-state index contributed by atoms with van der Waals surface area (Å²) >= 11 is 1.54. The van der Waals surface area contributed by atoms with E-state index in [0.29, 0.717) is 0 Å². The van der Waals surface area contributed by atoms with E-state index in [1.165, 1.54) is 11.5 Å². The van der Waals surface area contributed by atoms with Crippen molar-refractivity contribution in [3.05, 3.63) is 5.82 Å². The number of hydrogen-bond acceptors (Lipinski definition) is 5. The molecule has 5 heteroatoms. The normalized spacial score (nSPS) is 20.1. The largest absolute Gasteiger partial charge is 0.339 e. The molecular weight excluding hydrogens is 220 g/mol. The van der Waals surface area contributed by atoms with Crippen LogP contribution in [0.2, 0.25) is 0 Å². The highest BCUT2D eigenvalue weighted by Gasteiger charge is 2.31. The molecule has 0 amide bonds. The Morgan fingerprint density at radius 2 is 2.31 bits per heavy atom. The number of rotatable bonds is 3. The highest BCUT2D eigenvalue weighted by atomic mass is 32.1. The quantitative estimate of drug-likeness (QED) is 0.873. The number of nitrogens with one attached hydrogen (secondary N) is 1. The maximum atomic E-state index is 4.62. The molecule has 90 valence electrons. The van der Waals surface area contributed by atoms with E-state index in [2.05, 4.69) is 40.3 Å². The monoisotopic (exact) mass is 240 g/mol. The fraction of sp³-hybridized carbons (Fsp3) is 0.818. The fourth-order valence-electron chi connectivity index (χ4n) is 2.02.